The first-order chi connectivity index (χ1) is 10.0. The number of amides is 1. The second-order valence-electron chi connectivity index (χ2n) is 4.33. The molecule has 0 radical (unpaired) electrons. The maximum Gasteiger partial charge on any atom is 0.257 e. The van der Waals surface area contributed by atoms with E-state index in [1.165, 1.54) is 32.4 Å². The molecule has 0 bridgehead atoms. The van der Waals surface area contributed by atoms with E-state index in [9.17, 15) is 9.90 Å². The molecule has 0 heterocycles. The number of methoxy groups -OCH3 is 2. The molecule has 0 spiro atoms. The molecule has 0 saturated heterocycles. The number of carbonyl (C=O) groups is 1. The van der Waals surface area contributed by atoms with Gasteiger partial charge in [-0.25, -0.2) is 0 Å². The third kappa shape index (κ3) is 3.36. The Hall–Kier alpha value is -2.89. The predicted molar refractivity (Wildman–Crippen MR) is 80.0 cm³/mol. The normalized spacial score (nSPS) is 10.0. The van der Waals surface area contributed by atoms with Crippen molar-refractivity contribution in [2.75, 3.05) is 25.3 Å². The summed E-state index contributed by atoms with van der Waals surface area (Å²) < 4.78 is 10.3. The van der Waals surface area contributed by atoms with Crippen molar-refractivity contribution in [1.29, 1.82) is 0 Å². The van der Waals surface area contributed by atoms with Gasteiger partial charge in [0.05, 0.1) is 19.8 Å². The zero-order chi connectivity index (χ0) is 15.4. The summed E-state index contributed by atoms with van der Waals surface area (Å²) in [7, 11) is 3.04. The minimum Gasteiger partial charge on any atom is -0.508 e. The standard InChI is InChI=1S/C15H16N2O4/c1-20-11-5-9(6-12(8-11)21-2)17-15(19)13-7-10(18)3-4-14(13)16/h3-8,18H,16H2,1-2H3,(H,17,19). The van der Waals surface area contributed by atoms with Gasteiger partial charge in [-0.2, -0.15) is 0 Å². The summed E-state index contributed by atoms with van der Waals surface area (Å²) in [5.41, 5.74) is 6.70. The highest BCUT2D eigenvalue weighted by Gasteiger charge is 2.12. The highest BCUT2D eigenvalue weighted by atomic mass is 16.5. The van der Waals surface area contributed by atoms with Crippen molar-refractivity contribution >= 4 is 17.3 Å². The molecule has 0 unspecified atom stereocenters. The number of nitrogens with one attached hydrogen (secondary N) is 1. The van der Waals surface area contributed by atoms with E-state index in [0.717, 1.165) is 0 Å². The van der Waals surface area contributed by atoms with E-state index in [0.29, 0.717) is 17.2 Å². The van der Waals surface area contributed by atoms with E-state index in [4.69, 9.17) is 15.2 Å². The van der Waals surface area contributed by atoms with E-state index in [2.05, 4.69) is 5.32 Å². The van der Waals surface area contributed by atoms with Crippen LogP contribution in [0.15, 0.2) is 36.4 Å². The number of carbonyl (C=O) groups excluding carboxylic acids is 1. The molecule has 0 aliphatic heterocycles. The first-order valence-corrected chi connectivity index (χ1v) is 6.16. The van der Waals surface area contributed by atoms with Gasteiger partial charge < -0.3 is 25.6 Å². The highest BCUT2D eigenvalue weighted by molar-refractivity contribution is 6.08. The van der Waals surface area contributed by atoms with Crippen LogP contribution in [0.3, 0.4) is 0 Å². The zero-order valence-electron chi connectivity index (χ0n) is 11.7. The van der Waals surface area contributed by atoms with E-state index < -0.39 is 5.91 Å². The quantitative estimate of drug-likeness (QED) is 0.592. The van der Waals surface area contributed by atoms with Crippen LogP contribution in [0.2, 0.25) is 0 Å². The van der Waals surface area contributed by atoms with Crippen molar-refractivity contribution in [3.63, 3.8) is 0 Å². The smallest absolute Gasteiger partial charge is 0.257 e. The number of benzene rings is 2. The van der Waals surface area contributed by atoms with Crippen LogP contribution in [0.25, 0.3) is 0 Å². The number of nitrogens with two attached hydrogens (primary N) is 1. The second-order valence-corrected chi connectivity index (χ2v) is 4.33. The first kappa shape index (κ1) is 14.5. The molecule has 2 aromatic rings. The summed E-state index contributed by atoms with van der Waals surface area (Å²) in [5.74, 6) is 0.637. The topological polar surface area (TPSA) is 93.8 Å². The average Bonchev–Trinajstić information content (AvgIpc) is 2.49. The number of phenolic OH excluding ortho intramolecular Hbond substituents is 1. The molecule has 0 saturated carbocycles. The highest BCUT2D eigenvalue weighted by Crippen LogP contribution is 2.27. The number of aromatic hydroxyl groups is 1. The molecular formula is C15H16N2O4. The minimum absolute atomic E-state index is 0.0300. The molecule has 2 rings (SSSR count). The number of anilines is 2. The lowest BCUT2D eigenvalue weighted by Gasteiger charge is -2.11. The Balaban J connectivity index is 2.28. The number of hydrogen-bond donors (Lipinski definition) is 3. The second kappa shape index (κ2) is 6.04. The molecule has 110 valence electrons. The van der Waals surface area contributed by atoms with Crippen LogP contribution in [0.4, 0.5) is 11.4 Å². The number of phenols is 1. The van der Waals surface area contributed by atoms with Gasteiger partial charge in [-0.3, -0.25) is 4.79 Å². The molecular weight excluding hydrogens is 272 g/mol. The minimum atomic E-state index is -0.432. The summed E-state index contributed by atoms with van der Waals surface area (Å²) in [6, 6.07) is 9.19. The van der Waals surface area contributed by atoms with E-state index >= 15 is 0 Å². The molecule has 0 aromatic heterocycles. The number of nitrogen functional groups attached to an aromatic ring is 1. The van der Waals surface area contributed by atoms with Gasteiger partial charge in [0.2, 0.25) is 0 Å². The lowest BCUT2D eigenvalue weighted by atomic mass is 10.1. The fraction of sp³-hybridized carbons (Fsp3) is 0.133. The average molecular weight is 288 g/mol. The van der Waals surface area contributed by atoms with Crippen molar-refractivity contribution in [1.82, 2.24) is 0 Å². The van der Waals surface area contributed by atoms with Gasteiger partial charge in [0, 0.05) is 29.6 Å². The van der Waals surface area contributed by atoms with E-state index in [1.54, 1.807) is 18.2 Å². The van der Waals surface area contributed by atoms with Crippen molar-refractivity contribution in [2.45, 2.75) is 0 Å². The monoisotopic (exact) mass is 288 g/mol. The number of rotatable bonds is 4. The maximum absolute atomic E-state index is 12.2. The molecule has 0 aliphatic carbocycles. The molecule has 1 amide bonds. The van der Waals surface area contributed by atoms with Gasteiger partial charge in [-0.1, -0.05) is 0 Å². The summed E-state index contributed by atoms with van der Waals surface area (Å²) >= 11 is 0. The van der Waals surface area contributed by atoms with Gasteiger partial charge in [0.1, 0.15) is 17.2 Å². The molecule has 21 heavy (non-hydrogen) atoms. The summed E-state index contributed by atoms with van der Waals surface area (Å²) in [5, 5.41) is 12.1. The summed E-state index contributed by atoms with van der Waals surface area (Å²) in [6.45, 7) is 0. The Morgan fingerprint density at radius 2 is 1.71 bits per heavy atom. The Bertz CT molecular complexity index is 648. The van der Waals surface area contributed by atoms with Crippen molar-refractivity contribution in [3.8, 4) is 17.2 Å². The van der Waals surface area contributed by atoms with Crippen LogP contribution in [-0.4, -0.2) is 25.2 Å². The van der Waals surface area contributed by atoms with Crippen LogP contribution in [0.1, 0.15) is 10.4 Å². The lowest BCUT2D eigenvalue weighted by molar-refractivity contribution is 0.102. The zero-order valence-corrected chi connectivity index (χ0v) is 11.7. The predicted octanol–water partition coefficient (Wildman–Crippen LogP) is 2.24. The van der Waals surface area contributed by atoms with Crippen molar-refractivity contribution in [3.05, 3.63) is 42.0 Å². The van der Waals surface area contributed by atoms with E-state index in [-0.39, 0.29) is 17.0 Å². The Morgan fingerprint density at radius 1 is 1.10 bits per heavy atom. The molecule has 4 N–H and O–H groups in total. The van der Waals surface area contributed by atoms with Gasteiger partial charge in [0.25, 0.3) is 5.91 Å². The third-order valence-electron chi connectivity index (χ3n) is 2.89. The molecule has 0 fully saturated rings. The van der Waals surface area contributed by atoms with Crippen LogP contribution in [-0.2, 0) is 0 Å². The largest absolute Gasteiger partial charge is 0.508 e. The SMILES string of the molecule is COc1cc(NC(=O)c2cc(O)ccc2N)cc(OC)c1. The van der Waals surface area contributed by atoms with Crippen LogP contribution < -0.4 is 20.5 Å². The van der Waals surface area contributed by atoms with Crippen LogP contribution in [0.5, 0.6) is 17.2 Å². The van der Waals surface area contributed by atoms with E-state index in [1.807, 2.05) is 0 Å². The van der Waals surface area contributed by atoms with Gasteiger partial charge in [-0.05, 0) is 18.2 Å². The Kier molecular flexibility index (Phi) is 4.18. The van der Waals surface area contributed by atoms with Crippen molar-refractivity contribution < 1.29 is 19.4 Å². The lowest BCUT2D eigenvalue weighted by Crippen LogP contribution is -2.14. The fourth-order valence-corrected chi connectivity index (χ4v) is 1.82. The maximum atomic E-state index is 12.2. The molecule has 6 nitrogen and oxygen atoms in total. The van der Waals surface area contributed by atoms with Gasteiger partial charge in [0.15, 0.2) is 0 Å². The van der Waals surface area contributed by atoms with Gasteiger partial charge in [-0.15, -0.1) is 0 Å². The third-order valence-corrected chi connectivity index (χ3v) is 2.89. The molecule has 6 heteroatoms. The summed E-state index contributed by atoms with van der Waals surface area (Å²) in [4.78, 5) is 12.2. The number of ether oxygens (including phenoxy) is 2. The van der Waals surface area contributed by atoms with Crippen LogP contribution in [0, 0.1) is 0 Å². The van der Waals surface area contributed by atoms with Crippen LogP contribution >= 0.6 is 0 Å². The molecule has 2 aromatic carbocycles. The van der Waals surface area contributed by atoms with Gasteiger partial charge >= 0.3 is 0 Å². The Labute approximate surface area is 122 Å². The van der Waals surface area contributed by atoms with Crippen molar-refractivity contribution in [2.24, 2.45) is 0 Å². The number of hydrogen-bond acceptors (Lipinski definition) is 5. The molecule has 0 atom stereocenters. The fourth-order valence-electron chi connectivity index (χ4n) is 1.82. The molecule has 0 aliphatic rings. The summed E-state index contributed by atoms with van der Waals surface area (Å²) in [6.07, 6.45) is 0. The Morgan fingerprint density at radius 3 is 2.29 bits per heavy atom. The first-order valence-electron chi connectivity index (χ1n) is 6.16.